The zero-order chi connectivity index (χ0) is 18.7. The number of halogens is 1. The summed E-state index contributed by atoms with van der Waals surface area (Å²) in [7, 11) is 1.47. The first kappa shape index (κ1) is 20.1. The topological polar surface area (TPSA) is 132 Å². The fraction of sp³-hybridized carbons (Fsp3) is 0.176. The van der Waals surface area contributed by atoms with Crippen molar-refractivity contribution >= 4 is 34.8 Å². The van der Waals surface area contributed by atoms with Gasteiger partial charge in [0.1, 0.15) is 11.3 Å². The van der Waals surface area contributed by atoms with Crippen LogP contribution in [0.4, 0.5) is 10.6 Å². The number of benzene rings is 1. The van der Waals surface area contributed by atoms with Crippen LogP contribution in [0.2, 0.25) is 0 Å². The summed E-state index contributed by atoms with van der Waals surface area (Å²) < 4.78 is 6.12. The van der Waals surface area contributed by atoms with E-state index in [9.17, 15) is 9.90 Å². The molecule has 0 unspecified atom stereocenters. The number of carbonyl (C=O) groups excluding carboxylic acids is 1. The zero-order valence-electron chi connectivity index (χ0n) is 14.6. The van der Waals surface area contributed by atoms with Crippen LogP contribution in [0.5, 0.6) is 11.5 Å². The van der Waals surface area contributed by atoms with Gasteiger partial charge in [0.15, 0.2) is 17.1 Å². The quantitative estimate of drug-likeness (QED) is 0.657. The van der Waals surface area contributed by atoms with Crippen LogP contribution < -0.4 is 10.1 Å². The Morgan fingerprint density at radius 1 is 1.30 bits per heavy atom. The number of pyridine rings is 1. The smallest absolute Gasteiger partial charge is 0.337 e. The van der Waals surface area contributed by atoms with Gasteiger partial charge in [-0.3, -0.25) is 10.3 Å². The Hall–Kier alpha value is -3.17. The van der Waals surface area contributed by atoms with E-state index in [4.69, 9.17) is 16.5 Å². The van der Waals surface area contributed by atoms with Crippen molar-refractivity contribution in [2.24, 2.45) is 0 Å². The van der Waals surface area contributed by atoms with Crippen LogP contribution in [-0.2, 0) is 0 Å². The second kappa shape index (κ2) is 8.47. The number of methoxy groups -OCH3 is 1. The van der Waals surface area contributed by atoms with Crippen LogP contribution in [0.25, 0.3) is 22.4 Å². The number of fused-ring (bicyclic) bond motifs is 1. The maximum atomic E-state index is 11.8. The maximum absolute atomic E-state index is 11.8. The van der Waals surface area contributed by atoms with Gasteiger partial charge in [-0.2, -0.15) is 0 Å². The normalized spacial score (nSPS) is 10.2. The number of urea groups is 1. The standard InChI is InChI=1S/C17H16ClN5O3.H2O/c1-3-23(18)17(25)22-15-7-5-11-16(21-15)20-12(9-19-11)10-4-6-13(24)14(8-10)26-2;/h4-9,24H,3H2,1-2H3,(H,20,21,22,25);1H2. The Morgan fingerprint density at radius 2 is 2.07 bits per heavy atom. The number of ether oxygens (including phenoxy) is 1. The van der Waals surface area contributed by atoms with Crippen molar-refractivity contribution in [2.75, 3.05) is 19.0 Å². The molecule has 0 radical (unpaired) electrons. The molecule has 2 aromatic heterocycles. The molecule has 0 atom stereocenters. The van der Waals surface area contributed by atoms with E-state index in [1.54, 1.807) is 37.4 Å². The van der Waals surface area contributed by atoms with Crippen molar-refractivity contribution in [3.63, 3.8) is 0 Å². The summed E-state index contributed by atoms with van der Waals surface area (Å²) in [6.07, 6.45) is 1.60. The number of carbonyl (C=O) groups is 1. The molecule has 0 bridgehead atoms. The monoisotopic (exact) mass is 391 g/mol. The summed E-state index contributed by atoms with van der Waals surface area (Å²) in [5, 5.41) is 12.3. The fourth-order valence-electron chi connectivity index (χ4n) is 2.26. The lowest BCUT2D eigenvalue weighted by atomic mass is 10.1. The van der Waals surface area contributed by atoms with Crippen LogP contribution in [-0.4, -0.2) is 49.6 Å². The van der Waals surface area contributed by atoms with Crippen molar-refractivity contribution < 1.29 is 20.1 Å². The summed E-state index contributed by atoms with van der Waals surface area (Å²) in [5.41, 5.74) is 2.21. The van der Waals surface area contributed by atoms with E-state index in [0.717, 1.165) is 4.42 Å². The average Bonchev–Trinajstić information content (AvgIpc) is 2.67. The predicted molar refractivity (Wildman–Crippen MR) is 102 cm³/mol. The van der Waals surface area contributed by atoms with Gasteiger partial charge >= 0.3 is 6.03 Å². The molecule has 0 aliphatic rings. The Kier molecular flexibility index (Phi) is 6.32. The number of phenolic OH excluding ortho intramolecular Hbond substituents is 1. The first-order chi connectivity index (χ1) is 12.5. The summed E-state index contributed by atoms with van der Waals surface area (Å²) in [6.45, 7) is 2.11. The van der Waals surface area contributed by atoms with E-state index >= 15 is 0 Å². The highest BCUT2D eigenvalue weighted by molar-refractivity contribution is 6.22. The van der Waals surface area contributed by atoms with Crippen molar-refractivity contribution in [1.82, 2.24) is 19.4 Å². The third-order valence-electron chi connectivity index (χ3n) is 3.62. The van der Waals surface area contributed by atoms with Crippen molar-refractivity contribution in [1.29, 1.82) is 0 Å². The number of nitrogens with zero attached hydrogens (tertiary/aromatic N) is 4. The van der Waals surface area contributed by atoms with Crippen molar-refractivity contribution in [3.8, 4) is 22.8 Å². The van der Waals surface area contributed by atoms with E-state index in [1.165, 1.54) is 13.2 Å². The van der Waals surface area contributed by atoms with Gasteiger partial charge in [0.05, 0.1) is 19.0 Å². The number of phenols is 1. The molecule has 0 fully saturated rings. The molecule has 0 aliphatic heterocycles. The third-order valence-corrected chi connectivity index (χ3v) is 4.01. The Labute approximate surface area is 160 Å². The molecule has 10 heteroatoms. The van der Waals surface area contributed by atoms with Crippen molar-refractivity contribution in [3.05, 3.63) is 36.5 Å². The first-order valence-electron chi connectivity index (χ1n) is 7.77. The lowest BCUT2D eigenvalue weighted by molar-refractivity contribution is 0.238. The molecular weight excluding hydrogens is 374 g/mol. The molecule has 1 aromatic carbocycles. The number of amides is 2. The van der Waals surface area contributed by atoms with E-state index in [2.05, 4.69) is 20.3 Å². The number of aromatic nitrogens is 3. The summed E-state index contributed by atoms with van der Waals surface area (Å²) >= 11 is 5.76. The van der Waals surface area contributed by atoms with Crippen molar-refractivity contribution in [2.45, 2.75) is 6.92 Å². The van der Waals surface area contributed by atoms with Gasteiger partial charge in [-0.05, 0) is 37.3 Å². The van der Waals surface area contributed by atoms with E-state index in [0.29, 0.717) is 40.5 Å². The van der Waals surface area contributed by atoms with Gasteiger partial charge in [0, 0.05) is 23.9 Å². The Bertz CT molecular complexity index is 969. The minimum Gasteiger partial charge on any atom is -0.504 e. The van der Waals surface area contributed by atoms with Gasteiger partial charge in [-0.25, -0.2) is 19.2 Å². The second-order valence-electron chi connectivity index (χ2n) is 5.29. The Morgan fingerprint density at radius 3 is 2.78 bits per heavy atom. The zero-order valence-corrected chi connectivity index (χ0v) is 15.4. The highest BCUT2D eigenvalue weighted by Gasteiger charge is 2.12. The molecule has 142 valence electrons. The molecule has 2 amide bonds. The second-order valence-corrected chi connectivity index (χ2v) is 5.70. The molecule has 0 saturated heterocycles. The molecule has 2 heterocycles. The molecule has 27 heavy (non-hydrogen) atoms. The highest BCUT2D eigenvalue weighted by atomic mass is 35.5. The van der Waals surface area contributed by atoms with Crippen LogP contribution in [0.3, 0.4) is 0 Å². The molecule has 0 spiro atoms. The van der Waals surface area contributed by atoms with Gasteiger partial charge < -0.3 is 15.3 Å². The number of nitrogens with one attached hydrogen (secondary N) is 1. The lowest BCUT2D eigenvalue weighted by Gasteiger charge is -2.12. The van der Waals surface area contributed by atoms with Crippen LogP contribution >= 0.6 is 11.8 Å². The number of hydrogen-bond donors (Lipinski definition) is 2. The number of rotatable bonds is 4. The van der Waals surface area contributed by atoms with Gasteiger partial charge in [-0.1, -0.05) is 0 Å². The molecule has 3 aromatic rings. The van der Waals surface area contributed by atoms with Gasteiger partial charge in [-0.15, -0.1) is 0 Å². The van der Waals surface area contributed by atoms with Crippen LogP contribution in [0.1, 0.15) is 6.92 Å². The minimum atomic E-state index is -0.478. The van der Waals surface area contributed by atoms with E-state index in [1.807, 2.05) is 0 Å². The predicted octanol–water partition coefficient (Wildman–Crippen LogP) is 2.59. The number of hydrogen-bond acceptors (Lipinski definition) is 6. The van der Waals surface area contributed by atoms with E-state index < -0.39 is 6.03 Å². The molecule has 0 saturated carbocycles. The van der Waals surface area contributed by atoms with E-state index in [-0.39, 0.29) is 11.2 Å². The first-order valence-corrected chi connectivity index (χ1v) is 8.11. The minimum absolute atomic E-state index is 0. The fourth-order valence-corrected chi connectivity index (χ4v) is 2.30. The molecular formula is C17H18ClN5O4. The van der Waals surface area contributed by atoms with Gasteiger partial charge in [0.25, 0.3) is 0 Å². The number of aromatic hydroxyl groups is 1. The molecule has 9 nitrogen and oxygen atoms in total. The summed E-state index contributed by atoms with van der Waals surface area (Å²) in [6, 6.07) is 7.72. The Balaban J connectivity index is 0.00000261. The molecule has 4 N–H and O–H groups in total. The number of anilines is 1. The summed E-state index contributed by atoms with van der Waals surface area (Å²) in [4.78, 5) is 25.0. The average molecular weight is 392 g/mol. The molecule has 0 aliphatic carbocycles. The van der Waals surface area contributed by atoms with Crippen LogP contribution in [0, 0.1) is 0 Å². The largest absolute Gasteiger partial charge is 0.504 e. The SMILES string of the molecule is CCN(Cl)C(=O)Nc1ccc2ncc(-c3ccc(O)c(OC)c3)nc2n1.O. The van der Waals surface area contributed by atoms with Crippen LogP contribution in [0.15, 0.2) is 36.5 Å². The molecule has 3 rings (SSSR count). The lowest BCUT2D eigenvalue weighted by Crippen LogP contribution is -2.27. The highest BCUT2D eigenvalue weighted by Crippen LogP contribution is 2.30. The third kappa shape index (κ3) is 4.33. The summed E-state index contributed by atoms with van der Waals surface area (Å²) in [5.74, 6) is 0.686. The van der Waals surface area contributed by atoms with Gasteiger partial charge in [0.2, 0.25) is 0 Å². The maximum Gasteiger partial charge on any atom is 0.337 e.